The summed E-state index contributed by atoms with van der Waals surface area (Å²) < 4.78 is 29.0. The van der Waals surface area contributed by atoms with Crippen molar-refractivity contribution < 1.29 is 18.5 Å². The molecule has 0 bridgehead atoms. The van der Waals surface area contributed by atoms with Gasteiger partial charge in [0.15, 0.2) is 0 Å². The summed E-state index contributed by atoms with van der Waals surface area (Å²) in [7, 11) is -1.63. The van der Waals surface area contributed by atoms with Gasteiger partial charge in [0.1, 0.15) is 24.0 Å². The quantitative estimate of drug-likeness (QED) is 0.149. The lowest BCUT2D eigenvalue weighted by atomic mass is 9.50. The van der Waals surface area contributed by atoms with Crippen LogP contribution in [0, 0.1) is 0 Å². The van der Waals surface area contributed by atoms with E-state index in [1.165, 1.54) is 5.39 Å². The number of ether oxygens (including phenoxy) is 1. The Morgan fingerprint density at radius 3 is 1.95 bits per heavy atom. The highest BCUT2D eigenvalue weighted by Gasteiger charge is 2.52. The second kappa shape index (κ2) is 15.3. The Bertz CT molecular complexity index is 2860. The molecule has 6 aromatic carbocycles. The van der Waals surface area contributed by atoms with Gasteiger partial charge >= 0.3 is 21.4 Å². The van der Waals surface area contributed by atoms with E-state index in [-0.39, 0.29) is 10.6 Å². The van der Waals surface area contributed by atoms with Crippen molar-refractivity contribution >= 4 is 71.4 Å². The Kier molecular flexibility index (Phi) is 9.78. The first-order valence-corrected chi connectivity index (χ1v) is 21.0. The van der Waals surface area contributed by atoms with Gasteiger partial charge in [-0.15, -0.1) is 0 Å². The number of rotatable bonds is 7. The van der Waals surface area contributed by atoms with Gasteiger partial charge in [-0.2, -0.15) is 0 Å². The fourth-order valence-electron chi connectivity index (χ4n) is 8.52. The summed E-state index contributed by atoms with van der Waals surface area (Å²) in [6, 6.07) is 54.7. The molecule has 0 N–H and O–H groups in total. The van der Waals surface area contributed by atoms with E-state index >= 15 is 0 Å². The zero-order chi connectivity index (χ0) is 41.9. The Morgan fingerprint density at radius 2 is 1.21 bits per heavy atom. The minimum absolute atomic E-state index is 0.282. The molecule has 0 atom stereocenters. The highest BCUT2D eigenvalue weighted by Crippen LogP contribution is 2.48. The van der Waals surface area contributed by atoms with Crippen molar-refractivity contribution in [3.05, 3.63) is 164 Å². The van der Waals surface area contributed by atoms with Crippen molar-refractivity contribution in [3.63, 3.8) is 0 Å². The summed E-state index contributed by atoms with van der Waals surface area (Å²) in [5, 5.41) is 1.75. The predicted molar refractivity (Wildman–Crippen MR) is 252 cm³/mol. The fraction of sp³-hybridized carbons (Fsp3) is 0.180. The third-order valence-electron chi connectivity index (χ3n) is 11.5. The molecule has 2 aliphatic rings. The molecule has 1 fully saturated rings. The van der Waals surface area contributed by atoms with Gasteiger partial charge in [-0.1, -0.05) is 133 Å². The average molecular weight is 800 g/mol. The maximum Gasteiger partial charge on any atom is 0.468 e. The largest absolute Gasteiger partial charge is 0.468 e. The Labute approximate surface area is 359 Å². The molecule has 2 aliphatic heterocycles. The number of aromatic nitrogens is 2. The molecule has 10 rings (SSSR count). The first kappa shape index (κ1) is 38.9. The van der Waals surface area contributed by atoms with E-state index in [0.717, 1.165) is 73.1 Å². The van der Waals surface area contributed by atoms with Crippen LogP contribution in [0.1, 0.15) is 41.5 Å². The summed E-state index contributed by atoms with van der Waals surface area (Å²) in [6.45, 7) is 13.4. The van der Waals surface area contributed by atoms with Crippen LogP contribution in [0.15, 0.2) is 164 Å². The van der Waals surface area contributed by atoms with Gasteiger partial charge in [-0.25, -0.2) is 4.98 Å². The van der Waals surface area contributed by atoms with E-state index < -0.39 is 21.4 Å². The molecule has 0 saturated carbocycles. The summed E-state index contributed by atoms with van der Waals surface area (Å²) in [5.41, 5.74) is 9.48. The number of fused-ring (bicyclic) bond motifs is 4. The van der Waals surface area contributed by atoms with Crippen molar-refractivity contribution in [1.82, 2.24) is 9.55 Å². The summed E-state index contributed by atoms with van der Waals surface area (Å²) >= 11 is 0. The van der Waals surface area contributed by atoms with Crippen LogP contribution < -0.4 is 20.0 Å². The molecule has 2 aromatic heterocycles. The van der Waals surface area contributed by atoms with E-state index in [1.54, 1.807) is 0 Å². The number of pyridine rings is 1. The third-order valence-corrected chi connectivity index (χ3v) is 11.5. The lowest BCUT2D eigenvalue weighted by Gasteiger charge is -2.41. The van der Waals surface area contributed by atoms with E-state index in [0.29, 0.717) is 6.67 Å². The second-order valence-electron chi connectivity index (χ2n) is 18.1. The van der Waals surface area contributed by atoms with Crippen molar-refractivity contribution in [2.45, 2.75) is 52.2 Å². The van der Waals surface area contributed by atoms with Gasteiger partial charge in [0.2, 0.25) is 0 Å². The van der Waals surface area contributed by atoms with Crippen LogP contribution in [0.5, 0.6) is 11.5 Å². The van der Waals surface area contributed by atoms with Crippen molar-refractivity contribution in [2.75, 3.05) is 16.5 Å². The zero-order valence-electron chi connectivity index (χ0n) is 35.4. The molecule has 8 nitrogen and oxygen atoms in total. The van der Waals surface area contributed by atoms with E-state index in [9.17, 15) is 0 Å². The molecule has 61 heavy (non-hydrogen) atoms. The van der Waals surface area contributed by atoms with Gasteiger partial charge in [0, 0.05) is 45.8 Å². The lowest BCUT2D eigenvalue weighted by molar-refractivity contribution is 0.250. The molecule has 1 saturated heterocycles. The highest BCUT2D eigenvalue weighted by atomic mass is 16.7. The maximum atomic E-state index is 6.80. The standard InChI is InChI=1S/C50H47B3N4O4/c1-49(2,3)52-59-51(60-53(61-52)50(4,5)6)42-24-17-23-39(35-18-8-7-9-19-35)48(42)56-34-55(44-26-12-13-27-45(44)56)36-20-16-21-37(32-36)58-38-29-30-41-40-22-10-11-25-43(40)57(46(41)33-38)47-28-14-15-31-54-47/h7-33H,34H2,1-6H3. The maximum absolute atomic E-state index is 6.80. The molecule has 0 unspecified atom stereocenters. The smallest absolute Gasteiger partial charge is 0.457 e. The number of nitrogens with zero attached hydrogens (tertiary/aromatic N) is 4. The van der Waals surface area contributed by atoms with Crippen LogP contribution in [0.2, 0.25) is 10.6 Å². The first-order chi connectivity index (χ1) is 29.5. The SMILES string of the molecule is CC(C)(C)B1OB(c2cccc(-c3ccccc3)c2N2CN(c3cccc(Oc4ccc5c6ccccc6n(-c6ccccn6)c5c4)c3)c3ccccc32)OB(C(C)(C)C)O1. The van der Waals surface area contributed by atoms with Crippen LogP contribution in [-0.2, 0) is 13.7 Å². The molecule has 0 radical (unpaired) electrons. The number of para-hydroxylation sites is 4. The minimum Gasteiger partial charge on any atom is -0.457 e. The number of hydrogen-bond acceptors (Lipinski definition) is 7. The number of benzene rings is 6. The van der Waals surface area contributed by atoms with Gasteiger partial charge in [-0.3, -0.25) is 4.57 Å². The third kappa shape index (κ3) is 7.26. The van der Waals surface area contributed by atoms with Crippen LogP contribution >= 0.6 is 0 Å². The lowest BCUT2D eigenvalue weighted by Crippen LogP contribution is -2.59. The molecule has 0 spiro atoms. The number of anilines is 4. The molecule has 11 heteroatoms. The van der Waals surface area contributed by atoms with Crippen LogP contribution in [-0.4, -0.2) is 37.6 Å². The van der Waals surface area contributed by atoms with E-state index in [4.69, 9.17) is 23.4 Å². The molecule has 300 valence electrons. The molecule has 0 aliphatic carbocycles. The van der Waals surface area contributed by atoms with Crippen LogP contribution in [0.3, 0.4) is 0 Å². The first-order valence-electron chi connectivity index (χ1n) is 21.0. The minimum atomic E-state index is -0.674. The summed E-state index contributed by atoms with van der Waals surface area (Å²) in [5.74, 6) is 2.34. The monoisotopic (exact) mass is 800 g/mol. The van der Waals surface area contributed by atoms with E-state index in [2.05, 4.69) is 183 Å². The Balaban J connectivity index is 1.03. The molecular weight excluding hydrogens is 753 g/mol. The second-order valence-corrected chi connectivity index (χ2v) is 18.1. The molecular formula is C50H47B3N4O4. The zero-order valence-corrected chi connectivity index (χ0v) is 35.4. The Hall–Kier alpha value is -6.26. The van der Waals surface area contributed by atoms with Crippen molar-refractivity contribution in [1.29, 1.82) is 0 Å². The molecule has 4 heterocycles. The molecule has 8 aromatic rings. The van der Waals surface area contributed by atoms with E-state index in [1.807, 2.05) is 36.5 Å². The van der Waals surface area contributed by atoms with Crippen molar-refractivity contribution in [2.24, 2.45) is 0 Å². The normalized spacial score (nSPS) is 14.6. The number of hydrogen-bond donors (Lipinski definition) is 0. The molecule has 0 amide bonds. The van der Waals surface area contributed by atoms with Crippen LogP contribution in [0.25, 0.3) is 38.8 Å². The van der Waals surface area contributed by atoms with Gasteiger partial charge in [0.05, 0.1) is 28.1 Å². The average Bonchev–Trinajstić information content (AvgIpc) is 3.82. The summed E-state index contributed by atoms with van der Waals surface area (Å²) in [4.78, 5) is 9.45. The van der Waals surface area contributed by atoms with Gasteiger partial charge in [0.25, 0.3) is 0 Å². The van der Waals surface area contributed by atoms with Gasteiger partial charge in [-0.05, 0) is 70.8 Å². The fourth-order valence-corrected chi connectivity index (χ4v) is 8.52. The topological polar surface area (TPSA) is 61.2 Å². The Morgan fingerprint density at radius 1 is 0.557 bits per heavy atom. The van der Waals surface area contributed by atoms with Gasteiger partial charge < -0.3 is 28.3 Å². The van der Waals surface area contributed by atoms with Crippen molar-refractivity contribution in [3.8, 4) is 28.4 Å². The van der Waals surface area contributed by atoms with Crippen LogP contribution in [0.4, 0.5) is 22.7 Å². The summed E-state index contributed by atoms with van der Waals surface area (Å²) in [6.07, 6.45) is 1.83. The highest BCUT2D eigenvalue weighted by molar-refractivity contribution is 6.81. The predicted octanol–water partition coefficient (Wildman–Crippen LogP) is 12.2.